The van der Waals surface area contributed by atoms with Crippen molar-refractivity contribution in [2.24, 2.45) is 0 Å². The first-order valence-corrected chi connectivity index (χ1v) is 5.81. The second kappa shape index (κ2) is 7.48. The van der Waals surface area contributed by atoms with E-state index in [2.05, 4.69) is 42.6 Å². The Balaban J connectivity index is 0.000000902. The van der Waals surface area contributed by atoms with Crippen LogP contribution < -0.4 is 0 Å². The Morgan fingerprint density at radius 1 is 1.32 bits per heavy atom. The minimum absolute atomic E-state index is 0. The standard InChI is InChI=1S/C16H12N.Ir.Pt/c1-2-13-11-17-16-10-14(13)7-3-5-12-6-4-8-15(16)9-12;;/h3-4,6,11H,1-2,5,7H2;;/q-5;;. The maximum Gasteiger partial charge on any atom is 0 e. The summed E-state index contributed by atoms with van der Waals surface area (Å²) in [5.74, 6) is 0. The fourth-order valence-electron chi connectivity index (χ4n) is 2.08. The molecule has 0 unspecified atom stereocenters. The van der Waals surface area contributed by atoms with Gasteiger partial charge in [-0.1, -0.05) is 6.20 Å². The molecule has 0 aliphatic heterocycles. The zero-order chi connectivity index (χ0) is 11.7. The Morgan fingerprint density at radius 3 is 2.95 bits per heavy atom. The molecule has 3 rings (SSSR count). The number of aromatic nitrogens is 1. The molecule has 1 aromatic carbocycles. The largest absolute Gasteiger partial charge is 0.390 e. The van der Waals surface area contributed by atoms with E-state index >= 15 is 0 Å². The second-order valence-corrected chi connectivity index (χ2v) is 4.19. The van der Waals surface area contributed by atoms with Crippen molar-refractivity contribution < 1.29 is 41.2 Å². The van der Waals surface area contributed by atoms with Crippen LogP contribution in [0.4, 0.5) is 0 Å². The van der Waals surface area contributed by atoms with Crippen molar-refractivity contribution in [2.45, 2.75) is 19.3 Å². The van der Waals surface area contributed by atoms with Gasteiger partial charge >= 0.3 is 0 Å². The van der Waals surface area contributed by atoms with Crippen LogP contribution >= 0.6 is 0 Å². The Labute approximate surface area is 142 Å². The van der Waals surface area contributed by atoms with Gasteiger partial charge in [-0.25, -0.2) is 23.7 Å². The molecule has 0 saturated heterocycles. The molecule has 0 fully saturated rings. The van der Waals surface area contributed by atoms with E-state index in [0.29, 0.717) is 0 Å². The third-order valence-electron chi connectivity index (χ3n) is 3.02. The number of hydrogen-bond acceptors (Lipinski definition) is 1. The summed E-state index contributed by atoms with van der Waals surface area (Å²) in [7, 11) is 0. The molecule has 4 bridgehead atoms. The molecule has 0 amide bonds. The van der Waals surface area contributed by atoms with Crippen molar-refractivity contribution in [1.29, 1.82) is 0 Å². The van der Waals surface area contributed by atoms with Gasteiger partial charge in [0.1, 0.15) is 0 Å². The summed E-state index contributed by atoms with van der Waals surface area (Å²) >= 11 is 0. The van der Waals surface area contributed by atoms with Gasteiger partial charge in [0, 0.05) is 41.2 Å². The molecule has 1 radical (unpaired) electrons. The molecule has 1 aliphatic rings. The Bertz CT molecular complexity index is 554. The minimum atomic E-state index is 0. The van der Waals surface area contributed by atoms with E-state index in [1.54, 1.807) is 0 Å². The van der Waals surface area contributed by atoms with E-state index < -0.39 is 0 Å². The summed E-state index contributed by atoms with van der Waals surface area (Å²) in [5.41, 5.74) is 5.32. The molecule has 1 aromatic heterocycles. The third-order valence-corrected chi connectivity index (χ3v) is 3.02. The van der Waals surface area contributed by atoms with Gasteiger partial charge in [-0.05, 0) is 0 Å². The van der Waals surface area contributed by atoms with Crippen LogP contribution in [0.15, 0.2) is 18.3 Å². The topological polar surface area (TPSA) is 12.9 Å². The minimum Gasteiger partial charge on any atom is -0.390 e. The van der Waals surface area contributed by atoms with Crippen LogP contribution in [0.25, 0.3) is 11.3 Å². The number of hydrogen-bond donors (Lipinski definition) is 0. The summed E-state index contributed by atoms with van der Waals surface area (Å²) in [6.07, 6.45) is 6.78. The van der Waals surface area contributed by atoms with E-state index in [9.17, 15) is 0 Å². The zero-order valence-electron chi connectivity index (χ0n) is 10.2. The number of benzene rings is 1. The maximum absolute atomic E-state index is 4.43. The summed E-state index contributed by atoms with van der Waals surface area (Å²) in [5, 5.41) is 0. The van der Waals surface area contributed by atoms with Crippen LogP contribution in [0.1, 0.15) is 16.7 Å². The van der Waals surface area contributed by atoms with Crippen LogP contribution in [0.5, 0.6) is 0 Å². The predicted molar refractivity (Wildman–Crippen MR) is 67.0 cm³/mol. The first-order chi connectivity index (χ1) is 8.36. The summed E-state index contributed by atoms with van der Waals surface area (Å²) in [6.45, 7) is 3.93. The van der Waals surface area contributed by atoms with E-state index in [1.807, 2.05) is 12.3 Å². The molecule has 0 saturated carbocycles. The third kappa shape index (κ3) is 3.63. The van der Waals surface area contributed by atoms with Crippen LogP contribution in [0.2, 0.25) is 0 Å². The van der Waals surface area contributed by atoms with Crippen molar-refractivity contribution in [3.63, 3.8) is 0 Å². The molecule has 0 atom stereocenters. The molecule has 19 heavy (non-hydrogen) atoms. The number of rotatable bonds is 1. The maximum atomic E-state index is 4.43. The molecular formula is C16H12IrNPt-5. The first-order valence-electron chi connectivity index (χ1n) is 5.81. The molecule has 1 aliphatic carbocycles. The Morgan fingerprint density at radius 2 is 2.16 bits per heavy atom. The average Bonchev–Trinajstić information content (AvgIpc) is 2.42. The van der Waals surface area contributed by atoms with Gasteiger partial charge in [-0.2, -0.15) is 18.4 Å². The van der Waals surface area contributed by atoms with Gasteiger partial charge in [-0.3, -0.25) is 17.7 Å². The molecule has 1 heterocycles. The summed E-state index contributed by atoms with van der Waals surface area (Å²) < 4.78 is 0. The van der Waals surface area contributed by atoms with Crippen LogP contribution in [0.3, 0.4) is 0 Å². The van der Waals surface area contributed by atoms with Gasteiger partial charge in [0.25, 0.3) is 0 Å². The SMILES string of the molecule is [CH2-]Cc1cnc2[c-]c1C[CH-]Cc1[c-]c-2[c-]cc1.[Ir].[Pt]. The van der Waals surface area contributed by atoms with Crippen LogP contribution in [0, 0.1) is 31.5 Å². The molecule has 1 nitrogen and oxygen atoms in total. The normalized spacial score (nSPS) is 12.3. The van der Waals surface area contributed by atoms with Crippen molar-refractivity contribution >= 4 is 0 Å². The molecular weight excluding hydrogens is 593 g/mol. The molecule has 105 valence electrons. The fraction of sp³-hybridized carbons (Fsp3) is 0.188. The van der Waals surface area contributed by atoms with Gasteiger partial charge in [0.05, 0.1) is 0 Å². The Hall–Kier alpha value is -0.292. The van der Waals surface area contributed by atoms with Crippen LogP contribution in [-0.4, -0.2) is 4.98 Å². The van der Waals surface area contributed by atoms with Crippen LogP contribution in [-0.2, 0) is 60.4 Å². The quantitative estimate of drug-likeness (QED) is 0.456. The van der Waals surface area contributed by atoms with E-state index in [0.717, 1.165) is 30.5 Å². The van der Waals surface area contributed by atoms with Crippen molar-refractivity contribution in [3.8, 4) is 11.3 Å². The van der Waals surface area contributed by atoms with Gasteiger partial charge in [0.15, 0.2) is 0 Å². The van der Waals surface area contributed by atoms with Gasteiger partial charge in [-0.15, -0.1) is 0 Å². The van der Waals surface area contributed by atoms with E-state index in [1.165, 1.54) is 16.7 Å². The molecule has 3 heteroatoms. The number of pyridine rings is 1. The second-order valence-electron chi connectivity index (χ2n) is 4.19. The monoisotopic (exact) mass is 606 g/mol. The summed E-state index contributed by atoms with van der Waals surface area (Å²) in [6, 6.07) is 13.9. The van der Waals surface area contributed by atoms with E-state index in [-0.39, 0.29) is 41.2 Å². The first kappa shape index (κ1) is 16.8. The van der Waals surface area contributed by atoms with Crippen molar-refractivity contribution in [2.75, 3.05) is 0 Å². The zero-order valence-corrected chi connectivity index (χ0v) is 14.9. The fourth-order valence-corrected chi connectivity index (χ4v) is 2.08. The van der Waals surface area contributed by atoms with E-state index in [4.69, 9.17) is 0 Å². The predicted octanol–water partition coefficient (Wildman–Crippen LogP) is 2.82. The summed E-state index contributed by atoms with van der Waals surface area (Å²) in [4.78, 5) is 4.43. The van der Waals surface area contributed by atoms with Crippen molar-refractivity contribution in [1.82, 2.24) is 4.98 Å². The Kier molecular flexibility index (Phi) is 6.60. The number of fused-ring (bicyclic) bond motifs is 5. The molecule has 0 spiro atoms. The number of nitrogens with zero attached hydrogens (tertiary/aromatic N) is 1. The average molecular weight is 606 g/mol. The van der Waals surface area contributed by atoms with Crippen molar-refractivity contribution in [3.05, 3.63) is 66.6 Å². The smallest absolute Gasteiger partial charge is 0 e. The van der Waals surface area contributed by atoms with Gasteiger partial charge < -0.3 is 36.0 Å². The molecule has 0 N–H and O–H groups in total. The van der Waals surface area contributed by atoms with Gasteiger partial charge in [0.2, 0.25) is 0 Å². The molecule has 2 aromatic rings.